The van der Waals surface area contributed by atoms with Crippen molar-refractivity contribution in [3.63, 3.8) is 0 Å². The van der Waals surface area contributed by atoms with Gasteiger partial charge in [0.05, 0.1) is 5.41 Å². The Labute approximate surface area is 195 Å². The van der Waals surface area contributed by atoms with E-state index >= 15 is 0 Å². The van der Waals surface area contributed by atoms with Gasteiger partial charge in [-0.1, -0.05) is 119 Å². The molecule has 0 atom stereocenters. The zero-order valence-electron chi connectivity index (χ0n) is 16.6. The molecule has 0 aliphatic heterocycles. The van der Waals surface area contributed by atoms with Crippen LogP contribution in [0.3, 0.4) is 0 Å². The van der Waals surface area contributed by atoms with Crippen LogP contribution in [0.4, 0.5) is 0 Å². The molecule has 0 heterocycles. The lowest BCUT2D eigenvalue weighted by atomic mass is 9.67. The zero-order chi connectivity index (χ0) is 21.0. The Kier molecular flexibility index (Phi) is 4.31. The van der Waals surface area contributed by atoms with Crippen LogP contribution in [0.5, 0.6) is 0 Å². The van der Waals surface area contributed by atoms with Gasteiger partial charge >= 0.3 is 0 Å². The summed E-state index contributed by atoms with van der Waals surface area (Å²) >= 11 is 10.7. The number of hydrogen-bond donors (Lipinski definition) is 0. The quantitative estimate of drug-likeness (QED) is 0.232. The average Bonchev–Trinajstić information content (AvgIpc) is 3.10. The minimum atomic E-state index is -0.440. The molecule has 0 aromatic heterocycles. The minimum absolute atomic E-state index is 0.440. The molecule has 1 aliphatic rings. The first-order valence-electron chi connectivity index (χ1n) is 10.3. The number of hydrogen-bond acceptors (Lipinski definition) is 0. The minimum Gasteiger partial charge on any atom is -0.0837 e. The van der Waals surface area contributed by atoms with E-state index in [-0.39, 0.29) is 0 Å². The van der Waals surface area contributed by atoms with Gasteiger partial charge in [-0.15, -0.1) is 0 Å². The lowest BCUT2D eigenvalue weighted by Crippen LogP contribution is -2.28. The van der Waals surface area contributed by atoms with Gasteiger partial charge in [0.25, 0.3) is 0 Å². The van der Waals surface area contributed by atoms with E-state index in [1.165, 1.54) is 38.8 Å². The van der Waals surface area contributed by atoms with E-state index in [0.29, 0.717) is 0 Å². The molecular formula is C29H18BrCl. The third-order valence-electron chi connectivity index (χ3n) is 6.47. The maximum atomic E-state index is 6.91. The van der Waals surface area contributed by atoms with E-state index in [1.54, 1.807) is 0 Å². The fraction of sp³-hybridized carbons (Fsp3) is 0.0345. The Morgan fingerprint density at radius 3 is 1.81 bits per heavy atom. The Morgan fingerprint density at radius 2 is 1.16 bits per heavy atom. The molecule has 0 unspecified atom stereocenters. The molecule has 0 N–H and O–H groups in total. The smallest absolute Gasteiger partial charge is 0.0714 e. The zero-order valence-corrected chi connectivity index (χ0v) is 19.0. The van der Waals surface area contributed by atoms with Gasteiger partial charge in [-0.05, 0) is 57.0 Å². The van der Waals surface area contributed by atoms with Crippen molar-refractivity contribution in [3.8, 4) is 11.1 Å². The number of benzene rings is 5. The van der Waals surface area contributed by atoms with E-state index in [1.807, 2.05) is 0 Å². The van der Waals surface area contributed by atoms with Gasteiger partial charge in [0.2, 0.25) is 0 Å². The molecular weight excluding hydrogens is 464 g/mol. The summed E-state index contributed by atoms with van der Waals surface area (Å²) in [5, 5.41) is 3.08. The summed E-state index contributed by atoms with van der Waals surface area (Å²) < 4.78 is 1.07. The summed E-state index contributed by atoms with van der Waals surface area (Å²) in [5.74, 6) is 0. The van der Waals surface area contributed by atoms with Gasteiger partial charge < -0.3 is 0 Å². The van der Waals surface area contributed by atoms with Crippen molar-refractivity contribution in [2.45, 2.75) is 5.41 Å². The highest BCUT2D eigenvalue weighted by Gasteiger charge is 2.47. The van der Waals surface area contributed by atoms with E-state index < -0.39 is 5.41 Å². The predicted octanol–water partition coefficient (Wildman–Crippen LogP) is 8.62. The maximum Gasteiger partial charge on any atom is 0.0714 e. The molecule has 6 rings (SSSR count). The first-order valence-corrected chi connectivity index (χ1v) is 11.5. The Bertz CT molecular complexity index is 1400. The lowest BCUT2D eigenvalue weighted by Gasteiger charge is -2.34. The highest BCUT2D eigenvalue weighted by molar-refractivity contribution is 9.10. The Hall–Kier alpha value is -2.87. The molecule has 0 nitrogen and oxygen atoms in total. The van der Waals surface area contributed by atoms with Gasteiger partial charge in [0.15, 0.2) is 0 Å². The third-order valence-corrected chi connectivity index (χ3v) is 7.27. The summed E-state index contributed by atoms with van der Waals surface area (Å²) in [5.41, 5.74) is 7.10. The van der Waals surface area contributed by atoms with Gasteiger partial charge in [-0.25, -0.2) is 0 Å². The fourth-order valence-corrected chi connectivity index (χ4v) is 5.91. The maximum absolute atomic E-state index is 6.91. The van der Waals surface area contributed by atoms with Gasteiger partial charge in [-0.2, -0.15) is 0 Å². The first-order chi connectivity index (χ1) is 15.2. The molecule has 0 radical (unpaired) electrons. The van der Waals surface area contributed by atoms with Crippen LogP contribution in [0.2, 0.25) is 5.02 Å². The average molecular weight is 482 g/mol. The predicted molar refractivity (Wildman–Crippen MR) is 134 cm³/mol. The SMILES string of the molecule is Clc1cc2c(c3ccccc13)-c1ccc(Br)cc1C2(c1ccccc1)c1ccccc1. The monoisotopic (exact) mass is 480 g/mol. The highest BCUT2D eigenvalue weighted by Crippen LogP contribution is 2.58. The summed E-state index contributed by atoms with van der Waals surface area (Å²) in [6.07, 6.45) is 0. The molecule has 5 aromatic rings. The molecule has 31 heavy (non-hydrogen) atoms. The second-order valence-corrected chi connectivity index (χ2v) is 9.32. The van der Waals surface area contributed by atoms with Crippen LogP contribution in [0.15, 0.2) is 114 Å². The molecule has 148 valence electrons. The van der Waals surface area contributed by atoms with Crippen molar-refractivity contribution in [1.82, 2.24) is 0 Å². The van der Waals surface area contributed by atoms with Crippen LogP contribution in [0.25, 0.3) is 21.9 Å². The molecule has 1 aliphatic carbocycles. The van der Waals surface area contributed by atoms with Crippen LogP contribution in [-0.2, 0) is 5.41 Å². The molecule has 2 heteroatoms. The first kappa shape index (κ1) is 18.9. The molecule has 0 saturated heterocycles. The van der Waals surface area contributed by atoms with Crippen molar-refractivity contribution in [3.05, 3.63) is 141 Å². The van der Waals surface area contributed by atoms with Crippen LogP contribution < -0.4 is 0 Å². The van der Waals surface area contributed by atoms with Gasteiger partial charge in [0.1, 0.15) is 0 Å². The normalized spacial score (nSPS) is 13.7. The molecule has 0 bridgehead atoms. The molecule has 0 saturated carbocycles. The standard InChI is InChI=1S/C29H18BrCl/c30-21-15-16-24-25(17-21)29(19-9-3-1-4-10-19,20-11-5-2-6-12-20)26-18-27(31)22-13-7-8-14-23(22)28(24)26/h1-18H. The highest BCUT2D eigenvalue weighted by atomic mass is 79.9. The third kappa shape index (κ3) is 2.60. The van der Waals surface area contributed by atoms with Crippen LogP contribution >= 0.6 is 27.5 Å². The summed E-state index contributed by atoms with van der Waals surface area (Å²) in [6.45, 7) is 0. The molecule has 0 spiro atoms. The van der Waals surface area contributed by atoms with Crippen LogP contribution in [0.1, 0.15) is 22.3 Å². The van der Waals surface area contributed by atoms with Crippen molar-refractivity contribution < 1.29 is 0 Å². The van der Waals surface area contributed by atoms with E-state index in [2.05, 4.69) is 125 Å². The fourth-order valence-electron chi connectivity index (χ4n) is 5.27. The van der Waals surface area contributed by atoms with Gasteiger partial charge in [0, 0.05) is 14.9 Å². The number of rotatable bonds is 2. The molecule has 5 aromatic carbocycles. The second-order valence-electron chi connectivity index (χ2n) is 8.00. The van der Waals surface area contributed by atoms with Gasteiger partial charge in [-0.3, -0.25) is 0 Å². The summed E-state index contributed by atoms with van der Waals surface area (Å²) in [6, 6.07) is 38.9. The Balaban J connectivity index is 1.88. The van der Waals surface area contributed by atoms with E-state index in [0.717, 1.165) is 14.9 Å². The van der Waals surface area contributed by atoms with Crippen LogP contribution in [0, 0.1) is 0 Å². The largest absolute Gasteiger partial charge is 0.0837 e. The van der Waals surface area contributed by atoms with Crippen molar-refractivity contribution in [2.24, 2.45) is 0 Å². The topological polar surface area (TPSA) is 0 Å². The summed E-state index contributed by atoms with van der Waals surface area (Å²) in [7, 11) is 0. The number of halogens is 2. The molecule has 0 amide bonds. The van der Waals surface area contributed by atoms with E-state index in [9.17, 15) is 0 Å². The van der Waals surface area contributed by atoms with E-state index in [4.69, 9.17) is 11.6 Å². The number of fused-ring (bicyclic) bond motifs is 5. The van der Waals surface area contributed by atoms with Crippen molar-refractivity contribution in [2.75, 3.05) is 0 Å². The lowest BCUT2D eigenvalue weighted by molar-refractivity contribution is 0.768. The van der Waals surface area contributed by atoms with Crippen LogP contribution in [-0.4, -0.2) is 0 Å². The Morgan fingerprint density at radius 1 is 0.581 bits per heavy atom. The molecule has 0 fully saturated rings. The summed E-state index contributed by atoms with van der Waals surface area (Å²) in [4.78, 5) is 0. The van der Waals surface area contributed by atoms with Crippen molar-refractivity contribution >= 4 is 38.3 Å². The second kappa shape index (κ2) is 7.09. The van der Waals surface area contributed by atoms with Crippen molar-refractivity contribution in [1.29, 1.82) is 0 Å².